The van der Waals surface area contributed by atoms with Crippen molar-refractivity contribution in [3.8, 4) is 0 Å². The molecule has 2 amide bonds. The summed E-state index contributed by atoms with van der Waals surface area (Å²) in [5, 5.41) is 25.4. The number of carbonyl (C=O) groups is 2. The Morgan fingerprint density at radius 2 is 1.78 bits per heavy atom. The molecular weight excluding hydrogens is 348 g/mol. The average Bonchev–Trinajstić information content (AvgIpc) is 2.82. The molecule has 7 heteroatoms. The molecule has 0 bridgehead atoms. The van der Waals surface area contributed by atoms with Gasteiger partial charge in [-0.1, -0.05) is 19.0 Å². The lowest BCUT2D eigenvalue weighted by atomic mass is 9.60. The molecule has 0 spiro atoms. The van der Waals surface area contributed by atoms with Crippen molar-refractivity contribution in [2.24, 2.45) is 34.7 Å². The fourth-order valence-electron chi connectivity index (χ4n) is 4.90. The van der Waals surface area contributed by atoms with Crippen LogP contribution in [0.3, 0.4) is 0 Å². The van der Waals surface area contributed by atoms with Crippen LogP contribution in [0.15, 0.2) is 5.16 Å². The van der Waals surface area contributed by atoms with Crippen LogP contribution in [0, 0.1) is 29.6 Å². The number of imide groups is 1. The van der Waals surface area contributed by atoms with Crippen LogP contribution < -0.4 is 0 Å². The van der Waals surface area contributed by atoms with E-state index in [2.05, 4.69) is 5.16 Å². The van der Waals surface area contributed by atoms with Crippen LogP contribution in [0.25, 0.3) is 0 Å². The third-order valence-electron chi connectivity index (χ3n) is 6.04. The lowest BCUT2D eigenvalue weighted by Crippen LogP contribution is -2.55. The lowest BCUT2D eigenvalue weighted by molar-refractivity contribution is -0.146. The number of aliphatic hydroxyl groups excluding tert-OH is 2. The van der Waals surface area contributed by atoms with Gasteiger partial charge < -0.3 is 15.1 Å². The fraction of sp³-hybridized carbons (Fsp3) is 0.850. The lowest BCUT2D eigenvalue weighted by Gasteiger charge is -2.45. The van der Waals surface area contributed by atoms with Gasteiger partial charge in [-0.3, -0.25) is 14.5 Å². The van der Waals surface area contributed by atoms with Crippen molar-refractivity contribution in [2.45, 2.75) is 71.6 Å². The monoisotopic (exact) mass is 380 g/mol. The molecule has 27 heavy (non-hydrogen) atoms. The van der Waals surface area contributed by atoms with Crippen molar-refractivity contribution in [2.75, 3.05) is 6.61 Å². The molecule has 1 aliphatic heterocycles. The molecule has 3 aliphatic rings. The first-order chi connectivity index (χ1) is 12.5. The van der Waals surface area contributed by atoms with Gasteiger partial charge in [0.2, 0.25) is 11.8 Å². The third kappa shape index (κ3) is 3.51. The summed E-state index contributed by atoms with van der Waals surface area (Å²) in [6.45, 7) is 10.1. The molecule has 0 radical (unpaired) electrons. The summed E-state index contributed by atoms with van der Waals surface area (Å²) < 4.78 is 0. The molecule has 3 fully saturated rings. The van der Waals surface area contributed by atoms with E-state index in [0.29, 0.717) is 31.1 Å². The highest BCUT2D eigenvalue weighted by Crippen LogP contribution is 2.50. The van der Waals surface area contributed by atoms with Crippen LogP contribution in [-0.2, 0) is 14.4 Å². The number of hydrogen-bond acceptors (Lipinski definition) is 6. The largest absolute Gasteiger partial charge is 0.396 e. The fourth-order valence-corrected chi connectivity index (χ4v) is 4.90. The molecule has 0 aromatic rings. The highest BCUT2D eigenvalue weighted by molar-refractivity contribution is 6.06. The highest BCUT2D eigenvalue weighted by Gasteiger charge is 2.61. The number of rotatable bonds is 3. The molecule has 1 saturated heterocycles. The predicted octanol–water partition coefficient (Wildman–Crippen LogP) is 1.57. The maximum Gasteiger partial charge on any atom is 0.233 e. The number of carbonyl (C=O) groups excluding carboxylic acids is 2. The van der Waals surface area contributed by atoms with E-state index in [1.54, 1.807) is 0 Å². The first-order valence-electron chi connectivity index (χ1n) is 9.96. The van der Waals surface area contributed by atoms with E-state index in [0.717, 1.165) is 0 Å². The molecule has 2 saturated carbocycles. The number of oxime groups is 1. The maximum absolute atomic E-state index is 13.2. The van der Waals surface area contributed by atoms with Crippen molar-refractivity contribution in [3.05, 3.63) is 0 Å². The number of hydrogen-bond donors (Lipinski definition) is 2. The zero-order chi connectivity index (χ0) is 20.1. The Bertz CT molecular complexity index is 639. The maximum atomic E-state index is 13.2. The van der Waals surface area contributed by atoms with Gasteiger partial charge >= 0.3 is 0 Å². The molecular formula is C20H32N2O5. The summed E-state index contributed by atoms with van der Waals surface area (Å²) >= 11 is 0. The van der Waals surface area contributed by atoms with Gasteiger partial charge in [0.25, 0.3) is 0 Å². The van der Waals surface area contributed by atoms with E-state index < -0.39 is 35.5 Å². The third-order valence-corrected chi connectivity index (χ3v) is 6.04. The zero-order valence-corrected chi connectivity index (χ0v) is 16.9. The second kappa shape index (κ2) is 7.17. The number of nitrogens with zero attached hydrogens (tertiary/aromatic N) is 2. The number of aliphatic hydroxyl groups is 2. The first kappa shape index (κ1) is 20.3. The normalized spacial score (nSPS) is 38.4. The van der Waals surface area contributed by atoms with Gasteiger partial charge in [-0.25, -0.2) is 0 Å². The smallest absolute Gasteiger partial charge is 0.233 e. The number of fused-ring (bicyclic) bond motifs is 3. The summed E-state index contributed by atoms with van der Waals surface area (Å²) in [5.41, 5.74) is 0.0997. The molecule has 2 N–H and O–H groups in total. The zero-order valence-electron chi connectivity index (χ0n) is 16.9. The number of likely N-dealkylation sites (tertiary alicyclic amines) is 1. The summed E-state index contributed by atoms with van der Waals surface area (Å²) in [7, 11) is 0. The summed E-state index contributed by atoms with van der Waals surface area (Å²) in [6, 6.07) is 0. The molecule has 2 aliphatic carbocycles. The quantitative estimate of drug-likeness (QED) is 0.572. The Kier molecular flexibility index (Phi) is 5.38. The van der Waals surface area contributed by atoms with Crippen molar-refractivity contribution < 1.29 is 24.6 Å². The van der Waals surface area contributed by atoms with Gasteiger partial charge in [0.1, 0.15) is 6.61 Å². The molecule has 0 unspecified atom stereocenters. The van der Waals surface area contributed by atoms with Gasteiger partial charge in [0.05, 0.1) is 29.8 Å². The van der Waals surface area contributed by atoms with Gasteiger partial charge in [-0.15, -0.1) is 0 Å². The van der Waals surface area contributed by atoms with Crippen LogP contribution in [-0.4, -0.2) is 57.0 Å². The van der Waals surface area contributed by atoms with Gasteiger partial charge in [0, 0.05) is 23.8 Å². The minimum absolute atomic E-state index is 0.145. The Hall–Kier alpha value is -1.47. The second-order valence-electron chi connectivity index (χ2n) is 9.61. The van der Waals surface area contributed by atoms with Gasteiger partial charge in [-0.05, 0) is 39.5 Å². The minimum atomic E-state index is -1.04. The molecule has 1 heterocycles. The Labute approximate surface area is 160 Å². The molecule has 7 nitrogen and oxygen atoms in total. The van der Waals surface area contributed by atoms with Crippen LogP contribution in [0.5, 0.6) is 0 Å². The Balaban J connectivity index is 1.91. The molecule has 3 rings (SSSR count). The molecule has 152 valence electrons. The van der Waals surface area contributed by atoms with Crippen LogP contribution >= 0.6 is 0 Å². The summed E-state index contributed by atoms with van der Waals surface area (Å²) in [5.74, 6) is -1.73. The Morgan fingerprint density at radius 3 is 2.37 bits per heavy atom. The summed E-state index contributed by atoms with van der Waals surface area (Å²) in [6.07, 6.45) is -0.546. The predicted molar refractivity (Wildman–Crippen MR) is 99.7 cm³/mol. The second-order valence-corrected chi connectivity index (χ2v) is 9.61. The van der Waals surface area contributed by atoms with Crippen molar-refractivity contribution >= 4 is 17.5 Å². The number of amides is 2. The van der Waals surface area contributed by atoms with E-state index in [-0.39, 0.29) is 24.2 Å². The van der Waals surface area contributed by atoms with Crippen molar-refractivity contribution in [1.29, 1.82) is 0 Å². The van der Waals surface area contributed by atoms with E-state index in [4.69, 9.17) is 4.84 Å². The minimum Gasteiger partial charge on any atom is -0.396 e. The van der Waals surface area contributed by atoms with Gasteiger partial charge in [-0.2, -0.15) is 0 Å². The summed E-state index contributed by atoms with van der Waals surface area (Å²) in [4.78, 5) is 32.8. The standard InChI is InChI=1S/C20H32N2O5/c1-10(2)9-27-21-13-8-14(23)17(24)15-11(13)6-7-12-16(15)19(26)22(18(12)25)20(3,4)5/h10-12,14-17,23-24H,6-9H2,1-5H3/t11-,12+,14+,15-,16+,17+/m0/s1. The van der Waals surface area contributed by atoms with E-state index in [1.165, 1.54) is 4.90 Å². The van der Waals surface area contributed by atoms with Gasteiger partial charge in [0.15, 0.2) is 0 Å². The topological polar surface area (TPSA) is 99.4 Å². The van der Waals surface area contributed by atoms with Crippen LogP contribution in [0.1, 0.15) is 53.9 Å². The Morgan fingerprint density at radius 1 is 1.15 bits per heavy atom. The van der Waals surface area contributed by atoms with Crippen LogP contribution in [0.4, 0.5) is 0 Å². The van der Waals surface area contributed by atoms with Crippen molar-refractivity contribution in [1.82, 2.24) is 4.90 Å². The first-order valence-corrected chi connectivity index (χ1v) is 9.96. The molecule has 0 aromatic carbocycles. The van der Waals surface area contributed by atoms with Crippen LogP contribution in [0.2, 0.25) is 0 Å². The SMILES string of the molecule is CC(C)CON=C1C[C@@H](O)[C@@H](O)[C@@H]2[C@@H]3C(=O)N(C(C)(C)C)C(=O)[C@@H]3CC[C@@H]12. The van der Waals surface area contributed by atoms with Crippen molar-refractivity contribution in [3.63, 3.8) is 0 Å². The van der Waals surface area contributed by atoms with E-state index in [9.17, 15) is 19.8 Å². The molecule has 6 atom stereocenters. The van der Waals surface area contributed by atoms with E-state index in [1.807, 2.05) is 34.6 Å². The average molecular weight is 380 g/mol. The van der Waals surface area contributed by atoms with E-state index >= 15 is 0 Å². The highest BCUT2D eigenvalue weighted by atomic mass is 16.6. The molecule has 0 aromatic heterocycles.